The van der Waals surface area contributed by atoms with Crippen molar-refractivity contribution in [1.82, 2.24) is 0 Å². The first kappa shape index (κ1) is 11.7. The maximum absolute atomic E-state index is 10.9. The molecular formula is C10H15NO2. The van der Waals surface area contributed by atoms with Gasteiger partial charge >= 0.3 is 5.97 Å². The molecule has 13 heavy (non-hydrogen) atoms. The van der Waals surface area contributed by atoms with Gasteiger partial charge in [0.15, 0.2) is 0 Å². The van der Waals surface area contributed by atoms with Crippen LogP contribution in [-0.2, 0) is 9.53 Å². The number of ether oxygens (including phenoxy) is 1. The van der Waals surface area contributed by atoms with Crippen molar-refractivity contribution in [3.63, 3.8) is 0 Å². The molecule has 0 aliphatic rings. The Labute approximate surface area is 79.0 Å². The van der Waals surface area contributed by atoms with E-state index in [0.717, 1.165) is 31.4 Å². The Hall–Kier alpha value is -1.30. The number of esters is 1. The molecule has 0 N–H and O–H groups in total. The van der Waals surface area contributed by atoms with Gasteiger partial charge in [-0.25, -0.2) is 4.79 Å². The largest absolute Gasteiger partial charge is 0.459 e. The summed E-state index contributed by atoms with van der Waals surface area (Å²) in [5, 5.41) is 8.15. The second-order valence-electron chi connectivity index (χ2n) is 2.85. The summed E-state index contributed by atoms with van der Waals surface area (Å²) in [6, 6.07) is 1.73. The van der Waals surface area contributed by atoms with E-state index in [0.29, 0.717) is 0 Å². The summed E-state index contributed by atoms with van der Waals surface area (Å²) in [6.45, 7) is 3.94. The Morgan fingerprint density at radius 2 is 2.38 bits per heavy atom. The highest BCUT2D eigenvalue weighted by atomic mass is 16.5. The Morgan fingerprint density at radius 1 is 1.69 bits per heavy atom. The molecule has 0 saturated heterocycles. The third-order valence-corrected chi connectivity index (χ3v) is 1.58. The van der Waals surface area contributed by atoms with Crippen LogP contribution in [0, 0.1) is 11.3 Å². The first-order valence-electron chi connectivity index (χ1n) is 4.47. The molecule has 1 unspecified atom stereocenters. The summed E-state index contributed by atoms with van der Waals surface area (Å²) < 4.78 is 4.98. The fraction of sp³-hybridized carbons (Fsp3) is 0.600. The van der Waals surface area contributed by atoms with Gasteiger partial charge in [0.2, 0.25) is 0 Å². The summed E-state index contributed by atoms with van der Waals surface area (Å²) >= 11 is 0. The number of rotatable bonds is 5. The molecule has 0 spiro atoms. The fourth-order valence-corrected chi connectivity index (χ4v) is 0.893. The Morgan fingerprint density at radius 3 is 2.92 bits per heavy atom. The fourth-order valence-electron chi connectivity index (χ4n) is 0.893. The minimum Gasteiger partial charge on any atom is -0.459 e. The summed E-state index contributed by atoms with van der Waals surface area (Å²) in [5.41, 5.74) is 0. The molecule has 0 aliphatic carbocycles. The van der Waals surface area contributed by atoms with E-state index in [1.165, 1.54) is 0 Å². The van der Waals surface area contributed by atoms with Crippen LogP contribution in [0.25, 0.3) is 0 Å². The number of carbonyl (C=O) groups is 1. The van der Waals surface area contributed by atoms with E-state index in [2.05, 4.69) is 6.92 Å². The molecule has 0 radical (unpaired) electrons. The third kappa shape index (κ3) is 7.07. The average molecular weight is 181 g/mol. The smallest absolute Gasteiger partial charge is 0.331 e. The van der Waals surface area contributed by atoms with Gasteiger partial charge in [0, 0.05) is 12.2 Å². The summed E-state index contributed by atoms with van der Waals surface area (Å²) in [6.07, 6.45) is 5.22. The van der Waals surface area contributed by atoms with Gasteiger partial charge in [-0.2, -0.15) is 5.26 Å². The molecule has 0 bridgehead atoms. The van der Waals surface area contributed by atoms with E-state index in [4.69, 9.17) is 10.00 Å². The van der Waals surface area contributed by atoms with Gasteiger partial charge < -0.3 is 4.74 Å². The highest BCUT2D eigenvalue weighted by Crippen LogP contribution is 2.04. The molecule has 0 amide bonds. The lowest BCUT2D eigenvalue weighted by Gasteiger charge is -2.10. The molecular weight excluding hydrogens is 166 g/mol. The average Bonchev–Trinajstić information content (AvgIpc) is 2.11. The van der Waals surface area contributed by atoms with Crippen LogP contribution in [0.15, 0.2) is 12.2 Å². The zero-order chi connectivity index (χ0) is 10.1. The molecule has 0 aromatic carbocycles. The third-order valence-electron chi connectivity index (χ3n) is 1.58. The predicted octanol–water partition coefficient (Wildman–Crippen LogP) is 2.19. The molecule has 0 heterocycles. The number of allylic oxidation sites excluding steroid dienone is 1. The van der Waals surface area contributed by atoms with E-state index in [1.54, 1.807) is 6.07 Å². The molecule has 0 rings (SSSR count). The van der Waals surface area contributed by atoms with Crippen LogP contribution < -0.4 is 0 Å². The molecule has 0 fully saturated rings. The van der Waals surface area contributed by atoms with Crippen molar-refractivity contribution in [2.45, 2.75) is 39.2 Å². The van der Waals surface area contributed by atoms with E-state index in [9.17, 15) is 4.79 Å². The Bertz CT molecular complexity index is 215. The van der Waals surface area contributed by atoms with Crippen LogP contribution in [-0.4, -0.2) is 12.1 Å². The first-order chi connectivity index (χ1) is 6.20. The van der Waals surface area contributed by atoms with Crippen molar-refractivity contribution in [2.75, 3.05) is 0 Å². The van der Waals surface area contributed by atoms with Crippen molar-refractivity contribution < 1.29 is 9.53 Å². The number of carbonyl (C=O) groups excluding carboxylic acids is 1. The normalized spacial score (nSPS) is 12.4. The lowest BCUT2D eigenvalue weighted by Crippen LogP contribution is -2.12. The van der Waals surface area contributed by atoms with E-state index >= 15 is 0 Å². The number of unbranched alkanes of at least 4 members (excludes halogenated alkanes) is 1. The quantitative estimate of drug-likeness (QED) is 0.371. The number of hydrogen-bond donors (Lipinski definition) is 0. The molecule has 1 atom stereocenters. The van der Waals surface area contributed by atoms with Crippen molar-refractivity contribution >= 4 is 5.97 Å². The van der Waals surface area contributed by atoms with E-state index in [-0.39, 0.29) is 6.10 Å². The van der Waals surface area contributed by atoms with Gasteiger partial charge in [-0.15, -0.1) is 0 Å². The molecule has 0 aromatic heterocycles. The number of hydrogen-bond acceptors (Lipinski definition) is 3. The van der Waals surface area contributed by atoms with Crippen molar-refractivity contribution in [1.29, 1.82) is 5.26 Å². The molecule has 0 aliphatic heterocycles. The van der Waals surface area contributed by atoms with Crippen LogP contribution in [0.5, 0.6) is 0 Å². The maximum atomic E-state index is 10.9. The van der Waals surface area contributed by atoms with Crippen LogP contribution in [0.4, 0.5) is 0 Å². The van der Waals surface area contributed by atoms with Gasteiger partial charge in [0.25, 0.3) is 0 Å². The van der Waals surface area contributed by atoms with Gasteiger partial charge in [-0.3, -0.25) is 0 Å². The monoisotopic (exact) mass is 181 g/mol. The van der Waals surface area contributed by atoms with Crippen LogP contribution in [0.1, 0.15) is 33.1 Å². The topological polar surface area (TPSA) is 50.1 Å². The second-order valence-corrected chi connectivity index (χ2v) is 2.85. The van der Waals surface area contributed by atoms with Gasteiger partial charge in [0.1, 0.15) is 0 Å². The Kier molecular flexibility index (Phi) is 6.62. The van der Waals surface area contributed by atoms with Crippen LogP contribution in [0.3, 0.4) is 0 Å². The van der Waals surface area contributed by atoms with Gasteiger partial charge in [-0.1, -0.05) is 19.8 Å². The predicted molar refractivity (Wildman–Crippen MR) is 49.8 cm³/mol. The van der Waals surface area contributed by atoms with Gasteiger partial charge in [0.05, 0.1) is 12.2 Å². The summed E-state index contributed by atoms with van der Waals surface area (Å²) in [7, 11) is 0. The molecule has 72 valence electrons. The standard InChI is InChI=1S/C10H15NO2/c1-3-4-6-9(2)13-10(12)7-5-8-11/h5,7,9H,3-4,6H2,1-2H3. The minimum atomic E-state index is -0.440. The zero-order valence-corrected chi connectivity index (χ0v) is 8.12. The first-order valence-corrected chi connectivity index (χ1v) is 4.47. The van der Waals surface area contributed by atoms with Crippen molar-refractivity contribution in [2.24, 2.45) is 0 Å². The lowest BCUT2D eigenvalue weighted by molar-refractivity contribution is -0.142. The van der Waals surface area contributed by atoms with E-state index in [1.807, 2.05) is 6.92 Å². The van der Waals surface area contributed by atoms with Crippen molar-refractivity contribution in [3.8, 4) is 6.07 Å². The maximum Gasteiger partial charge on any atom is 0.331 e. The zero-order valence-electron chi connectivity index (χ0n) is 8.12. The van der Waals surface area contributed by atoms with Gasteiger partial charge in [-0.05, 0) is 13.3 Å². The molecule has 0 saturated carbocycles. The summed E-state index contributed by atoms with van der Waals surface area (Å²) in [4.78, 5) is 10.9. The van der Waals surface area contributed by atoms with Crippen LogP contribution in [0.2, 0.25) is 0 Å². The molecule has 3 heteroatoms. The highest BCUT2D eigenvalue weighted by molar-refractivity contribution is 5.82. The SMILES string of the molecule is CCCCC(C)OC(=O)C=CC#N. The second kappa shape index (κ2) is 7.35. The minimum absolute atomic E-state index is 0.0595. The number of nitrogens with zero attached hydrogens (tertiary/aromatic N) is 1. The Balaban J connectivity index is 3.66. The highest BCUT2D eigenvalue weighted by Gasteiger charge is 2.05. The van der Waals surface area contributed by atoms with E-state index < -0.39 is 5.97 Å². The van der Waals surface area contributed by atoms with Crippen molar-refractivity contribution in [3.05, 3.63) is 12.2 Å². The molecule has 0 aromatic rings. The van der Waals surface area contributed by atoms with Crippen LogP contribution >= 0.6 is 0 Å². The number of nitriles is 1. The summed E-state index contributed by atoms with van der Waals surface area (Å²) in [5.74, 6) is -0.440. The lowest BCUT2D eigenvalue weighted by atomic mass is 10.2. The molecule has 3 nitrogen and oxygen atoms in total.